The summed E-state index contributed by atoms with van der Waals surface area (Å²) in [4.78, 5) is 26.3. The van der Waals surface area contributed by atoms with E-state index in [4.69, 9.17) is 4.74 Å². The van der Waals surface area contributed by atoms with E-state index in [0.29, 0.717) is 19.6 Å². The van der Waals surface area contributed by atoms with Crippen molar-refractivity contribution >= 4 is 16.8 Å². The fourth-order valence-electron chi connectivity index (χ4n) is 3.08. The van der Waals surface area contributed by atoms with Crippen molar-refractivity contribution in [1.82, 2.24) is 20.5 Å². The fraction of sp³-hybridized carbons (Fsp3) is 0.136. The highest BCUT2D eigenvalue weighted by atomic mass is 16.5. The second-order valence-corrected chi connectivity index (χ2v) is 6.61. The molecule has 146 valence electrons. The van der Waals surface area contributed by atoms with Gasteiger partial charge in [0.1, 0.15) is 18.1 Å². The monoisotopic (exact) mass is 388 g/mol. The van der Waals surface area contributed by atoms with Gasteiger partial charge in [-0.15, -0.1) is 0 Å². The van der Waals surface area contributed by atoms with E-state index in [1.165, 1.54) is 12.1 Å². The lowest BCUT2D eigenvalue weighted by atomic mass is 10.1. The molecule has 29 heavy (non-hydrogen) atoms. The molecule has 0 bridgehead atoms. The maximum absolute atomic E-state index is 12.1. The van der Waals surface area contributed by atoms with Crippen molar-refractivity contribution in [3.8, 4) is 5.75 Å². The van der Waals surface area contributed by atoms with Crippen LogP contribution in [0.4, 0.5) is 0 Å². The first kappa shape index (κ1) is 18.5. The van der Waals surface area contributed by atoms with Crippen molar-refractivity contribution in [3.05, 3.63) is 94.0 Å². The highest BCUT2D eigenvalue weighted by molar-refractivity contribution is 5.92. The first-order valence-corrected chi connectivity index (χ1v) is 9.30. The van der Waals surface area contributed by atoms with Crippen molar-refractivity contribution < 1.29 is 9.53 Å². The van der Waals surface area contributed by atoms with Gasteiger partial charge < -0.3 is 15.0 Å². The molecule has 0 saturated heterocycles. The van der Waals surface area contributed by atoms with Crippen LogP contribution in [0.2, 0.25) is 0 Å². The van der Waals surface area contributed by atoms with E-state index in [0.717, 1.165) is 27.8 Å². The van der Waals surface area contributed by atoms with E-state index >= 15 is 0 Å². The quantitative estimate of drug-likeness (QED) is 0.453. The van der Waals surface area contributed by atoms with Gasteiger partial charge in [0.15, 0.2) is 0 Å². The van der Waals surface area contributed by atoms with Gasteiger partial charge in [0, 0.05) is 35.8 Å². The number of hydrogen-bond acceptors (Lipinski definition) is 4. The first-order valence-electron chi connectivity index (χ1n) is 9.30. The number of benzene rings is 2. The number of nitrogens with one attached hydrogen (secondary N) is 3. The molecule has 1 amide bonds. The van der Waals surface area contributed by atoms with Crippen LogP contribution in [-0.4, -0.2) is 27.6 Å². The van der Waals surface area contributed by atoms with E-state index < -0.39 is 0 Å². The molecule has 0 radical (unpaired) electrons. The maximum Gasteiger partial charge on any atom is 0.271 e. The van der Waals surface area contributed by atoms with Gasteiger partial charge in [-0.2, -0.15) is 5.10 Å². The lowest BCUT2D eigenvalue weighted by Gasteiger charge is -2.07. The zero-order valence-corrected chi connectivity index (χ0v) is 15.6. The fourth-order valence-corrected chi connectivity index (χ4v) is 3.08. The molecule has 2 heterocycles. The lowest BCUT2D eigenvalue weighted by Crippen LogP contribution is -2.27. The number of hydrogen-bond donors (Lipinski definition) is 3. The summed E-state index contributed by atoms with van der Waals surface area (Å²) in [5.41, 5.74) is 3.05. The van der Waals surface area contributed by atoms with E-state index in [9.17, 15) is 9.59 Å². The second-order valence-electron chi connectivity index (χ2n) is 6.61. The molecule has 0 aliphatic rings. The number of fused-ring (bicyclic) bond motifs is 1. The van der Waals surface area contributed by atoms with Crippen LogP contribution >= 0.6 is 0 Å². The molecular weight excluding hydrogens is 368 g/mol. The van der Waals surface area contributed by atoms with Gasteiger partial charge in [-0.25, -0.2) is 5.10 Å². The third-order valence-electron chi connectivity index (χ3n) is 4.58. The molecule has 7 nitrogen and oxygen atoms in total. The number of carbonyl (C=O) groups is 1. The molecule has 2 aromatic carbocycles. The number of aromatic nitrogens is 3. The van der Waals surface area contributed by atoms with Crippen LogP contribution in [0.1, 0.15) is 21.6 Å². The molecular formula is C22H20N4O3. The molecule has 0 aliphatic carbocycles. The Morgan fingerprint density at radius 2 is 1.93 bits per heavy atom. The second kappa shape index (κ2) is 8.43. The van der Waals surface area contributed by atoms with Crippen LogP contribution in [0.3, 0.4) is 0 Å². The van der Waals surface area contributed by atoms with E-state index in [-0.39, 0.29) is 17.2 Å². The number of rotatable bonds is 7. The van der Waals surface area contributed by atoms with Crippen LogP contribution in [0.15, 0.2) is 71.7 Å². The number of carbonyl (C=O) groups excluding carboxylic acids is 1. The summed E-state index contributed by atoms with van der Waals surface area (Å²) < 4.78 is 5.87. The average molecular weight is 388 g/mol. The van der Waals surface area contributed by atoms with Crippen molar-refractivity contribution in [2.45, 2.75) is 13.0 Å². The molecule has 0 fully saturated rings. The molecule has 4 aromatic rings. The number of aromatic amines is 2. The molecule has 7 heteroatoms. The predicted molar refractivity (Wildman–Crippen MR) is 110 cm³/mol. The molecule has 0 spiro atoms. The van der Waals surface area contributed by atoms with Crippen LogP contribution in [-0.2, 0) is 13.0 Å². The zero-order valence-electron chi connectivity index (χ0n) is 15.6. The zero-order chi connectivity index (χ0) is 20.1. The number of H-pyrrole nitrogens is 2. The minimum absolute atomic E-state index is 0.184. The summed E-state index contributed by atoms with van der Waals surface area (Å²) in [7, 11) is 0. The number of ether oxygens (including phenoxy) is 1. The molecule has 0 saturated carbocycles. The molecule has 0 atom stereocenters. The summed E-state index contributed by atoms with van der Waals surface area (Å²) in [6.45, 7) is 0.976. The van der Waals surface area contributed by atoms with Crippen molar-refractivity contribution in [2.75, 3.05) is 6.54 Å². The average Bonchev–Trinajstić information content (AvgIpc) is 3.16. The highest BCUT2D eigenvalue weighted by Gasteiger charge is 2.09. The third-order valence-corrected chi connectivity index (χ3v) is 4.58. The highest BCUT2D eigenvalue weighted by Crippen LogP contribution is 2.24. The Labute approximate surface area is 166 Å². The Kier molecular flexibility index (Phi) is 5.38. The summed E-state index contributed by atoms with van der Waals surface area (Å²) in [6.07, 6.45) is 2.61. The summed E-state index contributed by atoms with van der Waals surface area (Å²) in [5, 5.41) is 9.88. The van der Waals surface area contributed by atoms with Crippen LogP contribution in [0.25, 0.3) is 10.9 Å². The summed E-state index contributed by atoms with van der Waals surface area (Å²) in [6, 6.07) is 18.6. The minimum Gasteiger partial charge on any atom is -0.489 e. The number of amides is 1. The van der Waals surface area contributed by atoms with Crippen LogP contribution in [0.5, 0.6) is 5.75 Å². The van der Waals surface area contributed by atoms with Crippen molar-refractivity contribution in [2.24, 2.45) is 0 Å². The molecule has 0 aliphatic heterocycles. The normalized spacial score (nSPS) is 10.8. The Morgan fingerprint density at radius 1 is 1.07 bits per heavy atom. The van der Waals surface area contributed by atoms with Crippen LogP contribution < -0.4 is 15.6 Å². The van der Waals surface area contributed by atoms with Gasteiger partial charge in [0.25, 0.3) is 11.5 Å². The molecule has 4 rings (SSSR count). The van der Waals surface area contributed by atoms with Crippen molar-refractivity contribution in [3.63, 3.8) is 0 Å². The number of nitrogens with zero attached hydrogens (tertiary/aromatic N) is 1. The Bertz CT molecular complexity index is 1160. The summed E-state index contributed by atoms with van der Waals surface area (Å²) in [5.74, 6) is 0.477. The van der Waals surface area contributed by atoms with Gasteiger partial charge in [-0.1, -0.05) is 30.3 Å². The van der Waals surface area contributed by atoms with Crippen LogP contribution in [0, 0.1) is 0 Å². The van der Waals surface area contributed by atoms with E-state index in [1.807, 2.05) is 54.7 Å². The third kappa shape index (κ3) is 4.52. The van der Waals surface area contributed by atoms with Gasteiger partial charge in [-0.3, -0.25) is 9.59 Å². The van der Waals surface area contributed by atoms with Gasteiger partial charge in [0.05, 0.1) is 0 Å². The Hall–Kier alpha value is -3.87. The SMILES string of the molecule is O=C(NCCc1c[nH]c2cc(OCc3ccccc3)ccc12)c1ccc(=O)[nH]n1. The molecule has 3 N–H and O–H groups in total. The van der Waals surface area contributed by atoms with Crippen molar-refractivity contribution in [1.29, 1.82) is 0 Å². The van der Waals surface area contributed by atoms with E-state index in [2.05, 4.69) is 20.5 Å². The van der Waals surface area contributed by atoms with Gasteiger partial charge in [0.2, 0.25) is 0 Å². The Morgan fingerprint density at radius 3 is 2.72 bits per heavy atom. The lowest BCUT2D eigenvalue weighted by molar-refractivity contribution is 0.0948. The van der Waals surface area contributed by atoms with E-state index in [1.54, 1.807) is 0 Å². The largest absolute Gasteiger partial charge is 0.489 e. The minimum atomic E-state index is -0.340. The molecule has 2 aromatic heterocycles. The van der Waals surface area contributed by atoms with Gasteiger partial charge >= 0.3 is 0 Å². The standard InChI is InChI=1S/C22H20N4O3/c27-21-9-8-19(25-26-21)22(28)23-11-10-16-13-24-20-12-17(6-7-18(16)20)29-14-15-4-2-1-3-5-15/h1-9,12-13,24H,10-11,14H2,(H,23,28)(H,26,27). The Balaban J connectivity index is 1.35. The topological polar surface area (TPSA) is 99.9 Å². The summed E-state index contributed by atoms with van der Waals surface area (Å²) >= 11 is 0. The predicted octanol–water partition coefficient (Wildman–Crippen LogP) is 2.80. The van der Waals surface area contributed by atoms with Gasteiger partial charge in [-0.05, 0) is 35.7 Å². The first-order chi connectivity index (χ1) is 14.2. The maximum atomic E-state index is 12.1. The smallest absolute Gasteiger partial charge is 0.271 e. The molecule has 0 unspecified atom stereocenters.